The third-order valence-corrected chi connectivity index (χ3v) is 8.06. The van der Waals surface area contributed by atoms with Crippen molar-refractivity contribution in [2.75, 3.05) is 16.9 Å². The Kier molecular flexibility index (Phi) is 5.76. The first-order chi connectivity index (χ1) is 19.0. The highest BCUT2D eigenvalue weighted by Crippen LogP contribution is 2.48. The van der Waals surface area contributed by atoms with Gasteiger partial charge in [0.05, 0.1) is 30.2 Å². The molecule has 0 N–H and O–H groups in total. The molecular weight excluding hydrogens is 502 g/mol. The Bertz CT molecular complexity index is 1660. The molecule has 8 nitrogen and oxygen atoms in total. The Morgan fingerprint density at radius 2 is 1.45 bits per heavy atom. The van der Waals surface area contributed by atoms with Gasteiger partial charge in [-0.15, -0.1) is 0 Å². The summed E-state index contributed by atoms with van der Waals surface area (Å²) < 4.78 is 5.28. The Hall–Kier alpha value is -4.59. The van der Waals surface area contributed by atoms with Crippen LogP contribution in [-0.4, -0.2) is 33.9 Å². The summed E-state index contributed by atoms with van der Waals surface area (Å²) in [5.41, 5.74) is 3.78. The lowest BCUT2D eigenvalue weighted by molar-refractivity contribution is -0.122. The van der Waals surface area contributed by atoms with Crippen molar-refractivity contribution < 1.29 is 14.3 Å². The predicted octanol–water partition coefficient (Wildman–Crippen LogP) is 5.64. The van der Waals surface area contributed by atoms with Crippen LogP contribution >= 0.6 is 0 Å². The van der Waals surface area contributed by atoms with E-state index in [0.29, 0.717) is 24.0 Å². The van der Waals surface area contributed by atoms with Gasteiger partial charge in [-0.25, -0.2) is 15.0 Å². The number of rotatable bonds is 5. The fraction of sp³-hybridized carbons (Fsp3) is 0.281. The van der Waals surface area contributed by atoms with Gasteiger partial charge in [0.1, 0.15) is 23.2 Å². The summed E-state index contributed by atoms with van der Waals surface area (Å²) in [5.74, 6) is 2.41. The fourth-order valence-electron chi connectivity index (χ4n) is 5.56. The van der Waals surface area contributed by atoms with E-state index < -0.39 is 10.8 Å². The molecule has 0 saturated carbocycles. The number of benzene rings is 2. The lowest BCUT2D eigenvalue weighted by atomic mass is 9.85. The molecule has 2 aromatic carbocycles. The molecule has 4 aromatic rings. The lowest BCUT2D eigenvalue weighted by Crippen LogP contribution is -2.36. The van der Waals surface area contributed by atoms with E-state index in [2.05, 4.69) is 9.97 Å². The Labute approximate surface area is 233 Å². The maximum absolute atomic E-state index is 13.9. The number of nitrogens with zero attached hydrogens (tertiary/aromatic N) is 5. The van der Waals surface area contributed by atoms with Crippen molar-refractivity contribution in [3.05, 3.63) is 89.5 Å². The molecule has 0 unspecified atom stereocenters. The first-order valence-corrected chi connectivity index (χ1v) is 13.3. The second kappa shape index (κ2) is 8.98. The van der Waals surface area contributed by atoms with E-state index in [1.807, 2.05) is 89.2 Å². The maximum Gasteiger partial charge on any atom is 0.242 e. The molecule has 0 atom stereocenters. The predicted molar refractivity (Wildman–Crippen MR) is 154 cm³/mol. The number of carbonyl (C=O) groups excluding carboxylic acids is 2. The van der Waals surface area contributed by atoms with Crippen LogP contribution in [0.3, 0.4) is 0 Å². The summed E-state index contributed by atoms with van der Waals surface area (Å²) in [5, 5.41) is 0. The first-order valence-electron chi connectivity index (χ1n) is 13.3. The van der Waals surface area contributed by atoms with Crippen LogP contribution in [0, 0.1) is 6.92 Å². The van der Waals surface area contributed by atoms with E-state index >= 15 is 0 Å². The number of amides is 2. The van der Waals surface area contributed by atoms with Crippen LogP contribution < -0.4 is 14.5 Å². The Morgan fingerprint density at radius 1 is 0.800 bits per heavy atom. The first kappa shape index (κ1) is 25.7. The van der Waals surface area contributed by atoms with Crippen LogP contribution in [0.2, 0.25) is 0 Å². The zero-order valence-corrected chi connectivity index (χ0v) is 23.5. The highest BCUT2D eigenvalue weighted by molar-refractivity contribution is 6.13. The molecule has 2 aromatic heterocycles. The minimum Gasteiger partial charge on any atom is -0.497 e. The van der Waals surface area contributed by atoms with Crippen molar-refractivity contribution in [3.63, 3.8) is 0 Å². The van der Waals surface area contributed by atoms with Gasteiger partial charge in [0.15, 0.2) is 0 Å². The molecule has 2 aliphatic heterocycles. The van der Waals surface area contributed by atoms with Crippen LogP contribution in [0.25, 0.3) is 11.1 Å². The number of methoxy groups -OCH3 is 1. The number of pyridine rings is 1. The number of carbonyl (C=O) groups is 2. The van der Waals surface area contributed by atoms with Gasteiger partial charge in [-0.2, -0.15) is 0 Å². The van der Waals surface area contributed by atoms with Crippen LogP contribution in [-0.2, 0) is 27.0 Å². The average Bonchev–Trinajstić information content (AvgIpc) is 3.26. The van der Waals surface area contributed by atoms with E-state index in [-0.39, 0.29) is 11.8 Å². The van der Waals surface area contributed by atoms with Crippen LogP contribution in [0.15, 0.2) is 67.0 Å². The fourth-order valence-corrected chi connectivity index (χ4v) is 5.56. The molecule has 0 bridgehead atoms. The van der Waals surface area contributed by atoms with Gasteiger partial charge in [-0.05, 0) is 75.6 Å². The van der Waals surface area contributed by atoms with E-state index in [4.69, 9.17) is 9.72 Å². The van der Waals surface area contributed by atoms with Crippen molar-refractivity contribution in [1.29, 1.82) is 0 Å². The van der Waals surface area contributed by atoms with E-state index in [1.165, 1.54) is 0 Å². The number of aryl methyl sites for hydroxylation is 1. The van der Waals surface area contributed by atoms with Gasteiger partial charge in [-0.1, -0.05) is 30.3 Å². The van der Waals surface area contributed by atoms with Crippen molar-refractivity contribution in [3.8, 4) is 16.9 Å². The van der Waals surface area contributed by atoms with Gasteiger partial charge < -0.3 is 4.74 Å². The third kappa shape index (κ3) is 3.86. The van der Waals surface area contributed by atoms with Gasteiger partial charge >= 0.3 is 0 Å². The quantitative estimate of drug-likeness (QED) is 0.330. The normalized spacial score (nSPS) is 16.8. The number of ether oxygens (including phenoxy) is 1. The highest BCUT2D eigenvalue weighted by Gasteiger charge is 2.48. The monoisotopic (exact) mass is 533 g/mol. The van der Waals surface area contributed by atoms with E-state index in [1.54, 1.807) is 29.3 Å². The number of aromatic nitrogens is 3. The molecule has 4 heterocycles. The average molecular weight is 534 g/mol. The van der Waals surface area contributed by atoms with Crippen LogP contribution in [0.5, 0.6) is 5.75 Å². The highest BCUT2D eigenvalue weighted by atomic mass is 16.5. The van der Waals surface area contributed by atoms with Gasteiger partial charge in [0, 0.05) is 23.5 Å². The third-order valence-electron chi connectivity index (χ3n) is 8.06. The number of hydrogen-bond donors (Lipinski definition) is 0. The molecule has 2 aliphatic rings. The smallest absolute Gasteiger partial charge is 0.242 e. The van der Waals surface area contributed by atoms with E-state index in [0.717, 1.165) is 39.3 Å². The van der Waals surface area contributed by atoms with E-state index in [9.17, 15) is 9.59 Å². The second-order valence-corrected chi connectivity index (χ2v) is 11.4. The molecule has 6 rings (SSSR count). The topological polar surface area (TPSA) is 88.5 Å². The summed E-state index contributed by atoms with van der Waals surface area (Å²) in [7, 11) is 1.62. The summed E-state index contributed by atoms with van der Waals surface area (Å²) in [6.07, 6.45) is 3.57. The number of hydrogen-bond acceptors (Lipinski definition) is 6. The summed E-state index contributed by atoms with van der Waals surface area (Å²) in [6.45, 7) is 9.90. The van der Waals surface area contributed by atoms with Gasteiger partial charge in [0.25, 0.3) is 0 Å². The molecule has 8 heteroatoms. The molecule has 0 saturated heterocycles. The molecule has 0 aliphatic carbocycles. The molecule has 0 fully saturated rings. The zero-order valence-electron chi connectivity index (χ0n) is 23.5. The standard InChI is InChI=1S/C32H31N5O3/c1-19-33-16-22(17-34-19)21-9-12-24-26(15-21)37(30(39)31(24,2)3)27-14-13-25-28(35-27)36(29(38)32(25,4)5)18-20-7-10-23(40-6)11-8-20/h7-17H,18H2,1-6H3. The van der Waals surface area contributed by atoms with Gasteiger partial charge in [-0.3, -0.25) is 19.4 Å². The second-order valence-electron chi connectivity index (χ2n) is 11.4. The minimum atomic E-state index is -0.740. The SMILES string of the molecule is COc1ccc(CN2C(=O)C(C)(C)c3ccc(N4C(=O)C(C)(C)c5ccc(-c6cnc(C)nc6)cc54)nc32)cc1. The summed E-state index contributed by atoms with van der Waals surface area (Å²) >= 11 is 0. The maximum atomic E-state index is 13.9. The lowest BCUT2D eigenvalue weighted by Gasteiger charge is -2.22. The minimum absolute atomic E-state index is 0.0295. The molecule has 2 amide bonds. The Balaban J connectivity index is 1.44. The molecule has 202 valence electrons. The largest absolute Gasteiger partial charge is 0.497 e. The van der Waals surface area contributed by atoms with Crippen LogP contribution in [0.1, 0.15) is 50.2 Å². The van der Waals surface area contributed by atoms with Crippen molar-refractivity contribution >= 4 is 29.1 Å². The van der Waals surface area contributed by atoms with Crippen LogP contribution in [0.4, 0.5) is 17.3 Å². The molecular formula is C32H31N5O3. The molecule has 0 radical (unpaired) electrons. The summed E-state index contributed by atoms with van der Waals surface area (Å²) in [6, 6.07) is 17.4. The molecule has 0 spiro atoms. The number of anilines is 3. The zero-order chi connectivity index (χ0) is 28.4. The van der Waals surface area contributed by atoms with Crippen molar-refractivity contribution in [1.82, 2.24) is 15.0 Å². The van der Waals surface area contributed by atoms with Gasteiger partial charge in [0.2, 0.25) is 11.8 Å². The van der Waals surface area contributed by atoms with Crippen molar-refractivity contribution in [2.24, 2.45) is 0 Å². The molecule has 40 heavy (non-hydrogen) atoms. The van der Waals surface area contributed by atoms with Crippen molar-refractivity contribution in [2.45, 2.75) is 52.0 Å². The Morgan fingerprint density at radius 3 is 2.12 bits per heavy atom. The number of fused-ring (bicyclic) bond motifs is 2. The summed E-state index contributed by atoms with van der Waals surface area (Å²) in [4.78, 5) is 44.5.